The summed E-state index contributed by atoms with van der Waals surface area (Å²) in [6, 6.07) is 0. The van der Waals surface area contributed by atoms with Crippen molar-refractivity contribution in [2.24, 2.45) is 0 Å². The van der Waals surface area contributed by atoms with E-state index >= 15 is 0 Å². The maximum atomic E-state index is 11.7. The van der Waals surface area contributed by atoms with Crippen LogP contribution in [0.1, 0.15) is 18.2 Å². The average Bonchev–Trinajstić information content (AvgIpc) is 2.65. The van der Waals surface area contributed by atoms with Gasteiger partial charge in [0.25, 0.3) is 0 Å². The van der Waals surface area contributed by atoms with Crippen LogP contribution in [-0.2, 0) is 4.74 Å². The number of ether oxygens (including phenoxy) is 1. The van der Waals surface area contributed by atoms with Crippen LogP contribution in [0.2, 0.25) is 0 Å². The molecule has 1 aromatic heterocycles. The molecule has 1 aliphatic heterocycles. The first-order valence-corrected chi connectivity index (χ1v) is 5.72. The second-order valence-electron chi connectivity index (χ2n) is 4.06. The molecule has 2 rings (SSSR count). The first-order valence-electron chi connectivity index (χ1n) is 5.28. The number of hydrogen-bond acceptors (Lipinski definition) is 5. The highest BCUT2D eigenvalue weighted by atomic mass is 35.5. The van der Waals surface area contributed by atoms with Gasteiger partial charge in [-0.05, 0) is 6.92 Å². The molecule has 1 saturated heterocycles. The van der Waals surface area contributed by atoms with Crippen molar-refractivity contribution in [1.29, 1.82) is 0 Å². The number of anilines is 1. The summed E-state index contributed by atoms with van der Waals surface area (Å²) < 4.78 is 6.84. The molecule has 0 spiro atoms. The number of aliphatic hydroxyl groups is 1. The van der Waals surface area contributed by atoms with Crippen molar-refractivity contribution in [3.05, 3.63) is 22.2 Å². The van der Waals surface area contributed by atoms with E-state index in [2.05, 4.69) is 4.98 Å². The minimum atomic E-state index is -0.492. The maximum Gasteiger partial charge on any atom is 0.351 e. The molecule has 0 bridgehead atoms. The molecule has 0 aliphatic carbocycles. The number of nitrogen functional groups attached to an aromatic ring is 1. The van der Waals surface area contributed by atoms with Crippen molar-refractivity contribution >= 4 is 17.4 Å². The molecule has 6 nitrogen and oxygen atoms in total. The van der Waals surface area contributed by atoms with E-state index in [4.69, 9.17) is 27.2 Å². The zero-order valence-corrected chi connectivity index (χ0v) is 10.1. The lowest BCUT2D eigenvalue weighted by Crippen LogP contribution is -2.28. The van der Waals surface area contributed by atoms with Gasteiger partial charge in [-0.1, -0.05) is 0 Å². The molecule has 1 aliphatic rings. The fourth-order valence-electron chi connectivity index (χ4n) is 1.81. The number of aliphatic hydroxyl groups excluding tert-OH is 1. The SMILES string of the molecule is Cc1cn([C@H]2CC(Cl)[C@@H](CO)O2)c(=O)nc1N. The summed E-state index contributed by atoms with van der Waals surface area (Å²) in [7, 11) is 0. The summed E-state index contributed by atoms with van der Waals surface area (Å²) in [6.07, 6.45) is 1.11. The highest BCUT2D eigenvalue weighted by molar-refractivity contribution is 6.21. The van der Waals surface area contributed by atoms with E-state index in [9.17, 15) is 4.79 Å². The van der Waals surface area contributed by atoms with E-state index in [0.717, 1.165) is 0 Å². The smallest absolute Gasteiger partial charge is 0.351 e. The lowest BCUT2D eigenvalue weighted by molar-refractivity contribution is -0.0240. The summed E-state index contributed by atoms with van der Waals surface area (Å²) >= 11 is 6.00. The quantitative estimate of drug-likeness (QED) is 0.731. The molecule has 2 heterocycles. The molecule has 3 atom stereocenters. The van der Waals surface area contributed by atoms with Crippen molar-refractivity contribution in [1.82, 2.24) is 9.55 Å². The van der Waals surface area contributed by atoms with Gasteiger partial charge in [-0.15, -0.1) is 11.6 Å². The highest BCUT2D eigenvalue weighted by Gasteiger charge is 2.35. The Hall–Kier alpha value is -1.11. The normalized spacial score (nSPS) is 28.5. The molecule has 1 fully saturated rings. The molecule has 17 heavy (non-hydrogen) atoms. The van der Waals surface area contributed by atoms with Gasteiger partial charge in [0.15, 0.2) is 0 Å². The average molecular weight is 260 g/mol. The lowest BCUT2D eigenvalue weighted by Gasteiger charge is -2.15. The predicted octanol–water partition coefficient (Wildman–Crippen LogP) is 0.0211. The Labute approximate surface area is 103 Å². The van der Waals surface area contributed by atoms with Crippen LogP contribution in [0, 0.1) is 6.92 Å². The van der Waals surface area contributed by atoms with Crippen molar-refractivity contribution in [2.75, 3.05) is 12.3 Å². The van der Waals surface area contributed by atoms with E-state index in [1.54, 1.807) is 13.1 Å². The van der Waals surface area contributed by atoms with Crippen LogP contribution in [0.5, 0.6) is 0 Å². The van der Waals surface area contributed by atoms with Crippen molar-refractivity contribution in [3.63, 3.8) is 0 Å². The Balaban J connectivity index is 2.30. The zero-order valence-electron chi connectivity index (χ0n) is 9.34. The number of rotatable bonds is 2. The topological polar surface area (TPSA) is 90.4 Å². The van der Waals surface area contributed by atoms with Gasteiger partial charge in [0.1, 0.15) is 12.0 Å². The Morgan fingerprint density at radius 2 is 2.47 bits per heavy atom. The fourth-order valence-corrected chi connectivity index (χ4v) is 2.10. The minimum Gasteiger partial charge on any atom is -0.394 e. The van der Waals surface area contributed by atoms with Gasteiger partial charge < -0.3 is 15.6 Å². The van der Waals surface area contributed by atoms with Crippen LogP contribution in [-0.4, -0.2) is 32.7 Å². The van der Waals surface area contributed by atoms with Gasteiger partial charge in [-0.2, -0.15) is 4.98 Å². The molecule has 3 N–H and O–H groups in total. The molecule has 1 unspecified atom stereocenters. The van der Waals surface area contributed by atoms with Crippen LogP contribution >= 0.6 is 11.6 Å². The number of halogens is 1. The van der Waals surface area contributed by atoms with Crippen LogP contribution in [0.15, 0.2) is 11.0 Å². The molecule has 0 amide bonds. The first-order chi connectivity index (χ1) is 8.02. The fraction of sp³-hybridized carbons (Fsp3) is 0.600. The van der Waals surface area contributed by atoms with Gasteiger partial charge in [-0.25, -0.2) is 4.79 Å². The van der Waals surface area contributed by atoms with Crippen molar-refractivity contribution in [3.8, 4) is 0 Å². The minimum absolute atomic E-state index is 0.166. The van der Waals surface area contributed by atoms with E-state index < -0.39 is 18.0 Å². The summed E-state index contributed by atoms with van der Waals surface area (Å²) in [5.74, 6) is 0.213. The summed E-state index contributed by atoms with van der Waals surface area (Å²) in [6.45, 7) is 1.59. The van der Waals surface area contributed by atoms with Crippen molar-refractivity contribution in [2.45, 2.75) is 31.1 Å². The summed E-state index contributed by atoms with van der Waals surface area (Å²) in [5, 5.41) is 8.73. The molecule has 1 aromatic rings. The number of aryl methyl sites for hydroxylation is 1. The van der Waals surface area contributed by atoms with Crippen LogP contribution in [0.4, 0.5) is 5.82 Å². The van der Waals surface area contributed by atoms with Gasteiger partial charge in [-0.3, -0.25) is 4.57 Å². The standard InChI is InChI=1S/C10H14ClN3O3/c1-5-3-14(10(16)13-9(5)12)8-2-6(11)7(4-15)17-8/h3,6-8,15H,2,4H2,1H3,(H2,12,13,16)/t6?,7-,8-/m1/s1. The molecule has 7 heteroatoms. The van der Waals surface area contributed by atoms with Gasteiger partial charge in [0, 0.05) is 18.2 Å². The van der Waals surface area contributed by atoms with E-state index in [-0.39, 0.29) is 17.8 Å². The maximum absolute atomic E-state index is 11.7. The third-order valence-electron chi connectivity index (χ3n) is 2.83. The van der Waals surface area contributed by atoms with E-state index in [0.29, 0.717) is 12.0 Å². The summed E-state index contributed by atoms with van der Waals surface area (Å²) in [5.41, 5.74) is 5.77. The molecule has 0 radical (unpaired) electrons. The zero-order chi connectivity index (χ0) is 12.6. The monoisotopic (exact) mass is 259 g/mol. The molecule has 0 aromatic carbocycles. The Morgan fingerprint density at radius 1 is 1.76 bits per heavy atom. The molecular weight excluding hydrogens is 246 g/mol. The summed E-state index contributed by atoms with van der Waals surface area (Å²) in [4.78, 5) is 15.4. The number of alkyl halides is 1. The number of aromatic nitrogens is 2. The highest BCUT2D eigenvalue weighted by Crippen LogP contribution is 2.31. The lowest BCUT2D eigenvalue weighted by atomic mass is 10.2. The van der Waals surface area contributed by atoms with Gasteiger partial charge in [0.05, 0.1) is 18.1 Å². The first kappa shape index (κ1) is 12.3. The third kappa shape index (κ3) is 2.29. The second kappa shape index (κ2) is 4.64. The molecule has 0 saturated carbocycles. The van der Waals surface area contributed by atoms with Crippen LogP contribution < -0.4 is 11.4 Å². The molecule has 94 valence electrons. The largest absolute Gasteiger partial charge is 0.394 e. The van der Waals surface area contributed by atoms with Gasteiger partial charge in [0.2, 0.25) is 0 Å². The van der Waals surface area contributed by atoms with Crippen molar-refractivity contribution < 1.29 is 9.84 Å². The number of nitrogens with two attached hydrogens (primary N) is 1. The molecular formula is C10H14ClN3O3. The number of hydrogen-bond donors (Lipinski definition) is 2. The Kier molecular flexibility index (Phi) is 3.37. The predicted molar refractivity (Wildman–Crippen MR) is 62.9 cm³/mol. The van der Waals surface area contributed by atoms with Gasteiger partial charge >= 0.3 is 5.69 Å². The second-order valence-corrected chi connectivity index (χ2v) is 4.62. The number of nitrogens with zero attached hydrogens (tertiary/aromatic N) is 2. The van der Waals surface area contributed by atoms with E-state index in [1.165, 1.54) is 4.57 Å². The third-order valence-corrected chi connectivity index (χ3v) is 3.29. The Bertz CT molecular complexity index is 476. The Morgan fingerprint density at radius 3 is 3.06 bits per heavy atom. The van der Waals surface area contributed by atoms with Crippen LogP contribution in [0.3, 0.4) is 0 Å². The van der Waals surface area contributed by atoms with E-state index in [1.807, 2.05) is 0 Å². The van der Waals surface area contributed by atoms with Crippen LogP contribution in [0.25, 0.3) is 0 Å².